The molecule has 0 spiro atoms. The van der Waals surface area contributed by atoms with E-state index < -0.39 is 7.60 Å². The quantitative estimate of drug-likeness (QED) is 0.656. The third-order valence-corrected chi connectivity index (χ3v) is 5.92. The van der Waals surface area contributed by atoms with Gasteiger partial charge < -0.3 is 13.8 Å². The summed E-state index contributed by atoms with van der Waals surface area (Å²) in [6, 6.07) is 17.4. The summed E-state index contributed by atoms with van der Waals surface area (Å²) in [4.78, 5) is 0. The maximum atomic E-state index is 13.3. The predicted molar refractivity (Wildman–Crippen MR) is 95.1 cm³/mol. The van der Waals surface area contributed by atoms with Crippen LogP contribution < -0.4 is 4.74 Å². The molecule has 1 atom stereocenters. The Morgan fingerprint density at radius 2 is 1.58 bits per heavy atom. The molecule has 0 aliphatic carbocycles. The van der Waals surface area contributed by atoms with Gasteiger partial charge >= 0.3 is 7.60 Å². The third-order valence-electron chi connectivity index (χ3n) is 3.75. The molecule has 0 fully saturated rings. The van der Waals surface area contributed by atoms with E-state index in [0.29, 0.717) is 24.3 Å². The molecule has 0 radical (unpaired) electrons. The molecule has 1 unspecified atom stereocenters. The molecule has 2 aromatic carbocycles. The molecule has 126 valence electrons. The number of ether oxygens (including phenoxy) is 1. The van der Waals surface area contributed by atoms with E-state index in [0.717, 1.165) is 11.1 Å². The van der Waals surface area contributed by atoms with Crippen molar-refractivity contribution in [2.75, 3.05) is 13.2 Å². The van der Waals surface area contributed by atoms with Gasteiger partial charge in [0.15, 0.2) is 0 Å². The minimum Gasteiger partial charge on any atom is -0.481 e. The maximum absolute atomic E-state index is 13.3. The number of hydrogen-bond donors (Lipinski definition) is 0. The summed E-state index contributed by atoms with van der Waals surface area (Å²) < 4.78 is 30.6. The molecule has 0 N–H and O–H groups in total. The molecular formula is C19H21O4P. The smallest absolute Gasteiger partial charge is 0.361 e. The second kappa shape index (κ2) is 7.35. The molecule has 2 aromatic rings. The lowest BCUT2D eigenvalue weighted by atomic mass is 10.0. The summed E-state index contributed by atoms with van der Waals surface area (Å²) in [5, 5.41) is 0.571. The third kappa shape index (κ3) is 3.32. The first-order chi connectivity index (χ1) is 11.7. The van der Waals surface area contributed by atoms with Gasteiger partial charge in [0.2, 0.25) is 0 Å². The van der Waals surface area contributed by atoms with Crippen LogP contribution in [0.2, 0.25) is 0 Å². The zero-order valence-electron chi connectivity index (χ0n) is 13.8. The van der Waals surface area contributed by atoms with Crippen LogP contribution in [0.15, 0.2) is 60.7 Å². The summed E-state index contributed by atoms with van der Waals surface area (Å²) in [6.07, 6.45) is 1.52. The highest BCUT2D eigenvalue weighted by Crippen LogP contribution is 2.63. The van der Waals surface area contributed by atoms with Gasteiger partial charge in [-0.3, -0.25) is 4.57 Å². The number of para-hydroxylation sites is 1. The largest absolute Gasteiger partial charge is 0.481 e. The highest BCUT2D eigenvalue weighted by Gasteiger charge is 2.36. The van der Waals surface area contributed by atoms with Crippen molar-refractivity contribution in [1.29, 1.82) is 0 Å². The average molecular weight is 344 g/mol. The van der Waals surface area contributed by atoms with E-state index in [4.69, 9.17) is 13.8 Å². The normalized spacial score (nSPS) is 16.9. The SMILES string of the molecule is CCOP(=O)(OCC)C1=CC(c2ccccc2)Oc2ccccc21. The fourth-order valence-corrected chi connectivity index (χ4v) is 4.58. The second-order valence-electron chi connectivity index (χ2n) is 5.33. The first-order valence-electron chi connectivity index (χ1n) is 8.10. The van der Waals surface area contributed by atoms with Crippen molar-refractivity contribution in [1.82, 2.24) is 0 Å². The number of hydrogen-bond acceptors (Lipinski definition) is 4. The molecule has 1 heterocycles. The Balaban J connectivity index is 2.11. The highest BCUT2D eigenvalue weighted by atomic mass is 31.2. The van der Waals surface area contributed by atoms with Crippen LogP contribution in [-0.4, -0.2) is 13.2 Å². The molecule has 0 amide bonds. The highest BCUT2D eigenvalue weighted by molar-refractivity contribution is 7.65. The van der Waals surface area contributed by atoms with Crippen molar-refractivity contribution in [3.05, 3.63) is 71.8 Å². The molecule has 4 nitrogen and oxygen atoms in total. The van der Waals surface area contributed by atoms with Crippen molar-refractivity contribution < 1.29 is 18.3 Å². The van der Waals surface area contributed by atoms with Crippen LogP contribution in [0.25, 0.3) is 5.31 Å². The lowest BCUT2D eigenvalue weighted by molar-refractivity contribution is 0.226. The number of rotatable bonds is 6. The standard InChI is InChI=1S/C19H21O4P/c1-3-21-24(20,22-4-2)19-14-18(15-10-6-5-7-11-15)23-17-13-9-8-12-16(17)19/h5-14,18H,3-4H2,1-2H3. The van der Waals surface area contributed by atoms with E-state index in [1.807, 2.05) is 74.5 Å². The fraction of sp³-hybridized carbons (Fsp3) is 0.263. The van der Waals surface area contributed by atoms with Crippen LogP contribution in [0.4, 0.5) is 0 Å². The van der Waals surface area contributed by atoms with E-state index in [-0.39, 0.29) is 6.10 Å². The van der Waals surface area contributed by atoms with E-state index >= 15 is 0 Å². The van der Waals surface area contributed by atoms with Crippen LogP contribution >= 0.6 is 7.60 Å². The van der Waals surface area contributed by atoms with E-state index in [9.17, 15) is 4.57 Å². The Labute approximate surface area is 142 Å². The summed E-state index contributed by atoms with van der Waals surface area (Å²) in [5.74, 6) is 0.684. The first kappa shape index (κ1) is 17.0. The summed E-state index contributed by atoms with van der Waals surface area (Å²) in [7, 11) is -3.40. The van der Waals surface area contributed by atoms with Gasteiger partial charge in [0.25, 0.3) is 0 Å². The van der Waals surface area contributed by atoms with Crippen LogP contribution in [-0.2, 0) is 13.6 Å². The molecule has 0 saturated carbocycles. The van der Waals surface area contributed by atoms with Gasteiger partial charge in [-0.25, -0.2) is 0 Å². The molecule has 0 bridgehead atoms. The predicted octanol–water partition coefficient (Wildman–Crippen LogP) is 5.43. The van der Waals surface area contributed by atoms with Crippen LogP contribution in [0.1, 0.15) is 31.1 Å². The van der Waals surface area contributed by atoms with Gasteiger partial charge in [-0.2, -0.15) is 0 Å². The Bertz CT molecular complexity index is 760. The minimum absolute atomic E-state index is 0.313. The Hall–Kier alpha value is -1.87. The number of fused-ring (bicyclic) bond motifs is 1. The molecule has 5 heteroatoms. The molecule has 0 saturated heterocycles. The maximum Gasteiger partial charge on any atom is 0.361 e. The second-order valence-corrected chi connectivity index (χ2v) is 7.32. The fourth-order valence-electron chi connectivity index (χ4n) is 2.75. The molecule has 24 heavy (non-hydrogen) atoms. The summed E-state index contributed by atoms with van der Waals surface area (Å²) >= 11 is 0. The summed E-state index contributed by atoms with van der Waals surface area (Å²) in [6.45, 7) is 4.25. The van der Waals surface area contributed by atoms with E-state index in [2.05, 4.69) is 0 Å². The first-order valence-corrected chi connectivity index (χ1v) is 9.64. The number of benzene rings is 2. The lowest BCUT2D eigenvalue weighted by Crippen LogP contribution is -2.13. The summed E-state index contributed by atoms with van der Waals surface area (Å²) in [5.41, 5.74) is 1.75. The van der Waals surface area contributed by atoms with Gasteiger partial charge in [0, 0.05) is 5.56 Å². The minimum atomic E-state index is -3.40. The average Bonchev–Trinajstić information content (AvgIpc) is 2.62. The van der Waals surface area contributed by atoms with Crippen molar-refractivity contribution >= 4 is 12.9 Å². The monoisotopic (exact) mass is 344 g/mol. The van der Waals surface area contributed by atoms with Crippen molar-refractivity contribution in [3.8, 4) is 5.75 Å². The van der Waals surface area contributed by atoms with Gasteiger partial charge in [0.05, 0.1) is 18.5 Å². The van der Waals surface area contributed by atoms with Gasteiger partial charge in [-0.1, -0.05) is 48.5 Å². The Kier molecular flexibility index (Phi) is 5.20. The van der Waals surface area contributed by atoms with Crippen LogP contribution in [0.5, 0.6) is 5.75 Å². The molecule has 1 aliphatic rings. The topological polar surface area (TPSA) is 44.8 Å². The molecule has 0 aromatic heterocycles. The van der Waals surface area contributed by atoms with Crippen molar-refractivity contribution in [3.63, 3.8) is 0 Å². The van der Waals surface area contributed by atoms with E-state index in [1.54, 1.807) is 0 Å². The van der Waals surface area contributed by atoms with Crippen LogP contribution in [0, 0.1) is 0 Å². The van der Waals surface area contributed by atoms with Crippen molar-refractivity contribution in [2.24, 2.45) is 0 Å². The van der Waals surface area contributed by atoms with Gasteiger partial charge in [0.1, 0.15) is 11.9 Å². The Morgan fingerprint density at radius 3 is 2.25 bits per heavy atom. The molecule has 1 aliphatic heterocycles. The van der Waals surface area contributed by atoms with E-state index in [1.165, 1.54) is 0 Å². The molecule has 3 rings (SSSR count). The zero-order chi connectivity index (χ0) is 17.0. The molecular weight excluding hydrogens is 323 g/mol. The Morgan fingerprint density at radius 1 is 0.958 bits per heavy atom. The zero-order valence-corrected chi connectivity index (χ0v) is 14.7. The van der Waals surface area contributed by atoms with Crippen LogP contribution in [0.3, 0.4) is 0 Å². The van der Waals surface area contributed by atoms with Gasteiger partial charge in [-0.05, 0) is 31.6 Å². The van der Waals surface area contributed by atoms with Gasteiger partial charge in [-0.15, -0.1) is 0 Å². The van der Waals surface area contributed by atoms with Crippen molar-refractivity contribution in [2.45, 2.75) is 20.0 Å². The lowest BCUT2D eigenvalue weighted by Gasteiger charge is -2.29.